The van der Waals surface area contributed by atoms with Crippen LogP contribution in [0.25, 0.3) is 11.0 Å². The van der Waals surface area contributed by atoms with Gasteiger partial charge in [0.1, 0.15) is 5.69 Å². The number of carbonyl (C=O) groups is 1. The van der Waals surface area contributed by atoms with E-state index in [1.165, 1.54) is 0 Å². The van der Waals surface area contributed by atoms with Crippen molar-refractivity contribution in [1.82, 2.24) is 14.5 Å². The SMILES string of the molecule is O=C1c2cc3ncccc3n2CC2CCCN12. The fourth-order valence-corrected chi connectivity index (χ4v) is 3.11. The standard InChI is InChI=1S/C13H13N3O/c17-13-12-7-10-11(4-1-5-14-10)16(12)8-9-3-2-6-15(9)13/h1,4-5,7,9H,2-3,6,8H2. The van der Waals surface area contributed by atoms with Crippen LogP contribution in [-0.2, 0) is 6.54 Å². The van der Waals surface area contributed by atoms with Gasteiger partial charge in [0.15, 0.2) is 0 Å². The van der Waals surface area contributed by atoms with Crippen molar-refractivity contribution < 1.29 is 4.79 Å². The van der Waals surface area contributed by atoms with Crippen LogP contribution in [0.5, 0.6) is 0 Å². The summed E-state index contributed by atoms with van der Waals surface area (Å²) in [6.07, 6.45) is 4.04. The maximum absolute atomic E-state index is 12.3. The zero-order valence-electron chi connectivity index (χ0n) is 9.47. The number of hydrogen-bond donors (Lipinski definition) is 0. The maximum Gasteiger partial charge on any atom is 0.270 e. The Kier molecular flexibility index (Phi) is 1.68. The van der Waals surface area contributed by atoms with Crippen molar-refractivity contribution in [3.63, 3.8) is 0 Å². The summed E-state index contributed by atoms with van der Waals surface area (Å²) in [5.41, 5.74) is 2.82. The van der Waals surface area contributed by atoms with Crippen LogP contribution in [0.1, 0.15) is 23.3 Å². The van der Waals surface area contributed by atoms with Gasteiger partial charge in [0.25, 0.3) is 5.91 Å². The quantitative estimate of drug-likeness (QED) is 0.686. The molecule has 1 fully saturated rings. The Bertz CT molecular complexity index is 616. The highest BCUT2D eigenvalue weighted by atomic mass is 16.2. The Hall–Kier alpha value is -1.84. The van der Waals surface area contributed by atoms with E-state index in [-0.39, 0.29) is 5.91 Å². The Morgan fingerprint density at radius 2 is 2.35 bits per heavy atom. The third-order valence-corrected chi connectivity index (χ3v) is 3.92. The van der Waals surface area contributed by atoms with Gasteiger partial charge in [-0.05, 0) is 31.0 Å². The average Bonchev–Trinajstić information content (AvgIpc) is 2.94. The second kappa shape index (κ2) is 3.09. The lowest BCUT2D eigenvalue weighted by Gasteiger charge is -2.31. The van der Waals surface area contributed by atoms with Crippen LogP contribution in [0, 0.1) is 0 Å². The predicted octanol–water partition coefficient (Wildman–Crippen LogP) is 1.65. The number of aromatic nitrogens is 2. The molecule has 4 nitrogen and oxygen atoms in total. The summed E-state index contributed by atoms with van der Waals surface area (Å²) in [4.78, 5) is 18.7. The van der Waals surface area contributed by atoms with E-state index in [9.17, 15) is 4.79 Å². The molecule has 0 N–H and O–H groups in total. The fourth-order valence-electron chi connectivity index (χ4n) is 3.11. The molecule has 0 aromatic carbocycles. The normalized spacial score (nSPS) is 22.9. The summed E-state index contributed by atoms with van der Waals surface area (Å²) in [6.45, 7) is 1.84. The van der Waals surface area contributed by atoms with Crippen molar-refractivity contribution in [3.05, 3.63) is 30.1 Å². The molecule has 0 radical (unpaired) electrons. The molecular formula is C13H13N3O. The van der Waals surface area contributed by atoms with Crippen molar-refractivity contribution in [3.8, 4) is 0 Å². The van der Waals surface area contributed by atoms with E-state index in [2.05, 4.69) is 9.55 Å². The van der Waals surface area contributed by atoms with E-state index in [4.69, 9.17) is 0 Å². The summed E-state index contributed by atoms with van der Waals surface area (Å²) in [6, 6.07) is 6.29. The fraction of sp³-hybridized carbons (Fsp3) is 0.385. The average molecular weight is 227 g/mol. The minimum absolute atomic E-state index is 0.178. The maximum atomic E-state index is 12.3. The Balaban J connectivity index is 1.96. The van der Waals surface area contributed by atoms with Crippen LogP contribution < -0.4 is 0 Å². The van der Waals surface area contributed by atoms with Gasteiger partial charge in [-0.25, -0.2) is 0 Å². The van der Waals surface area contributed by atoms with Gasteiger partial charge in [-0.2, -0.15) is 0 Å². The van der Waals surface area contributed by atoms with Crippen molar-refractivity contribution in [2.45, 2.75) is 25.4 Å². The van der Waals surface area contributed by atoms with Gasteiger partial charge >= 0.3 is 0 Å². The van der Waals surface area contributed by atoms with Crippen molar-refractivity contribution in [2.75, 3.05) is 6.54 Å². The van der Waals surface area contributed by atoms with E-state index in [1.54, 1.807) is 6.20 Å². The van der Waals surface area contributed by atoms with Gasteiger partial charge in [-0.3, -0.25) is 9.78 Å². The van der Waals surface area contributed by atoms with Crippen LogP contribution >= 0.6 is 0 Å². The molecule has 17 heavy (non-hydrogen) atoms. The molecule has 4 rings (SSSR count). The smallest absolute Gasteiger partial charge is 0.270 e. The summed E-state index contributed by atoms with van der Waals surface area (Å²) in [5.74, 6) is 0.178. The monoisotopic (exact) mass is 227 g/mol. The first-order chi connectivity index (χ1) is 8.34. The molecule has 86 valence electrons. The van der Waals surface area contributed by atoms with E-state index >= 15 is 0 Å². The van der Waals surface area contributed by atoms with Crippen LogP contribution in [0.4, 0.5) is 0 Å². The highest BCUT2D eigenvalue weighted by Gasteiger charge is 2.36. The molecule has 1 amide bonds. The van der Waals surface area contributed by atoms with Crippen molar-refractivity contribution >= 4 is 16.9 Å². The zero-order valence-corrected chi connectivity index (χ0v) is 9.47. The van der Waals surface area contributed by atoms with Gasteiger partial charge < -0.3 is 9.47 Å². The molecule has 4 heteroatoms. The summed E-state index contributed by atoms with van der Waals surface area (Å²) < 4.78 is 2.14. The highest BCUT2D eigenvalue weighted by Crippen LogP contribution is 2.30. The predicted molar refractivity (Wildman–Crippen MR) is 63.8 cm³/mol. The molecule has 0 bridgehead atoms. The number of pyridine rings is 1. The largest absolute Gasteiger partial charge is 0.333 e. The summed E-state index contributed by atoms with van der Waals surface area (Å²) in [5, 5.41) is 0. The summed E-state index contributed by atoms with van der Waals surface area (Å²) in [7, 11) is 0. The van der Waals surface area contributed by atoms with Crippen LogP contribution in [0.15, 0.2) is 24.4 Å². The number of carbonyl (C=O) groups excluding carboxylic acids is 1. The Labute approximate surface area is 98.9 Å². The van der Waals surface area contributed by atoms with Crippen molar-refractivity contribution in [1.29, 1.82) is 0 Å². The van der Waals surface area contributed by atoms with Gasteiger partial charge in [0, 0.05) is 19.3 Å². The van der Waals surface area contributed by atoms with Crippen LogP contribution in [-0.4, -0.2) is 32.9 Å². The lowest BCUT2D eigenvalue weighted by atomic mass is 10.1. The first kappa shape index (κ1) is 9.22. The zero-order chi connectivity index (χ0) is 11.4. The molecule has 2 aliphatic heterocycles. The van der Waals surface area contributed by atoms with Crippen molar-refractivity contribution in [2.24, 2.45) is 0 Å². The number of nitrogens with zero attached hydrogens (tertiary/aromatic N) is 3. The van der Waals surface area contributed by atoms with E-state index in [0.717, 1.165) is 42.7 Å². The lowest BCUT2D eigenvalue weighted by molar-refractivity contribution is 0.0672. The molecule has 2 aliphatic rings. The van der Waals surface area contributed by atoms with E-state index in [0.29, 0.717) is 6.04 Å². The molecule has 2 aromatic rings. The minimum atomic E-state index is 0.178. The molecule has 1 saturated heterocycles. The third kappa shape index (κ3) is 1.12. The van der Waals surface area contributed by atoms with Gasteiger partial charge in [-0.15, -0.1) is 0 Å². The van der Waals surface area contributed by atoms with Crippen LogP contribution in [0.2, 0.25) is 0 Å². The minimum Gasteiger partial charge on any atom is -0.333 e. The van der Waals surface area contributed by atoms with Gasteiger partial charge in [0.05, 0.1) is 17.1 Å². The summed E-state index contributed by atoms with van der Waals surface area (Å²) >= 11 is 0. The molecular weight excluding hydrogens is 214 g/mol. The molecule has 4 heterocycles. The van der Waals surface area contributed by atoms with E-state index in [1.807, 2.05) is 23.1 Å². The van der Waals surface area contributed by atoms with Gasteiger partial charge in [0.2, 0.25) is 0 Å². The molecule has 0 spiro atoms. The molecule has 0 saturated carbocycles. The number of rotatable bonds is 0. The van der Waals surface area contributed by atoms with E-state index < -0.39 is 0 Å². The van der Waals surface area contributed by atoms with Gasteiger partial charge in [-0.1, -0.05) is 0 Å². The first-order valence-electron chi connectivity index (χ1n) is 6.10. The number of hydrogen-bond acceptors (Lipinski definition) is 2. The molecule has 1 atom stereocenters. The van der Waals surface area contributed by atoms with Crippen LogP contribution in [0.3, 0.4) is 0 Å². The topological polar surface area (TPSA) is 38.1 Å². The number of amides is 1. The third-order valence-electron chi connectivity index (χ3n) is 3.92. The second-order valence-electron chi connectivity index (χ2n) is 4.84. The Morgan fingerprint density at radius 1 is 1.41 bits per heavy atom. The molecule has 2 aromatic heterocycles. The number of fused-ring (bicyclic) bond motifs is 4. The molecule has 1 unspecified atom stereocenters. The molecule has 0 aliphatic carbocycles. The second-order valence-corrected chi connectivity index (χ2v) is 4.84. The first-order valence-corrected chi connectivity index (χ1v) is 6.10. The Morgan fingerprint density at radius 3 is 3.29 bits per heavy atom. The lowest BCUT2D eigenvalue weighted by Crippen LogP contribution is -2.43. The highest BCUT2D eigenvalue weighted by molar-refractivity contribution is 5.98.